The fourth-order valence-corrected chi connectivity index (χ4v) is 5.13. The van der Waals surface area contributed by atoms with E-state index in [4.69, 9.17) is 0 Å². The van der Waals surface area contributed by atoms with Crippen molar-refractivity contribution in [3.8, 4) is 0 Å². The van der Waals surface area contributed by atoms with Gasteiger partial charge in [0.2, 0.25) is 5.91 Å². The largest absolute Gasteiger partial charge is 0.355 e. The van der Waals surface area contributed by atoms with Gasteiger partial charge < -0.3 is 15.2 Å². The standard InChI is InChI=1S/C22H24N4O3S/c1-23-20(28)14-8-6-13(7-9-14)12-26(2)18(27)11-10-17-24-21(29)19-15-4-3-5-16(15)30-22(19)25-17/h6-9H,3-5,10-12H2,1-2H3,(H,23,28)(H,24,25,29). The Labute approximate surface area is 178 Å². The van der Waals surface area contributed by atoms with Gasteiger partial charge in [-0.2, -0.15) is 0 Å². The van der Waals surface area contributed by atoms with Gasteiger partial charge in [-0.3, -0.25) is 14.4 Å². The second kappa shape index (κ2) is 8.39. The van der Waals surface area contributed by atoms with Crippen molar-refractivity contribution in [1.82, 2.24) is 20.2 Å². The van der Waals surface area contributed by atoms with Gasteiger partial charge in [0.25, 0.3) is 11.5 Å². The third kappa shape index (κ3) is 4.00. The van der Waals surface area contributed by atoms with Crippen LogP contribution in [-0.2, 0) is 30.6 Å². The molecule has 1 aliphatic carbocycles. The number of carbonyl (C=O) groups is 2. The Morgan fingerprint density at radius 3 is 2.73 bits per heavy atom. The van der Waals surface area contributed by atoms with Crippen molar-refractivity contribution in [2.24, 2.45) is 0 Å². The second-order valence-corrected chi connectivity index (χ2v) is 8.66. The molecule has 0 unspecified atom stereocenters. The molecule has 7 nitrogen and oxygen atoms in total. The highest BCUT2D eigenvalue weighted by Gasteiger charge is 2.21. The fourth-order valence-electron chi connectivity index (χ4n) is 3.85. The number of rotatable bonds is 6. The van der Waals surface area contributed by atoms with E-state index in [0.29, 0.717) is 24.4 Å². The highest BCUT2D eigenvalue weighted by molar-refractivity contribution is 7.18. The third-order valence-electron chi connectivity index (χ3n) is 5.49. The van der Waals surface area contributed by atoms with Gasteiger partial charge in [-0.05, 0) is 42.5 Å². The Morgan fingerprint density at radius 2 is 2.00 bits per heavy atom. The summed E-state index contributed by atoms with van der Waals surface area (Å²) in [6.45, 7) is 0.452. The number of nitrogens with one attached hydrogen (secondary N) is 2. The molecule has 156 valence electrons. The minimum absolute atomic E-state index is 0.0261. The molecule has 0 radical (unpaired) electrons. The van der Waals surface area contributed by atoms with E-state index < -0.39 is 0 Å². The molecule has 1 aliphatic rings. The molecule has 0 saturated carbocycles. The molecular weight excluding hydrogens is 400 g/mol. The fraction of sp³-hybridized carbons (Fsp3) is 0.364. The second-order valence-electron chi connectivity index (χ2n) is 7.58. The van der Waals surface area contributed by atoms with Crippen LogP contribution in [0.3, 0.4) is 0 Å². The van der Waals surface area contributed by atoms with E-state index >= 15 is 0 Å². The number of aromatic amines is 1. The summed E-state index contributed by atoms with van der Waals surface area (Å²) in [4.78, 5) is 47.9. The van der Waals surface area contributed by atoms with Crippen molar-refractivity contribution in [1.29, 1.82) is 0 Å². The van der Waals surface area contributed by atoms with Crippen molar-refractivity contribution >= 4 is 33.4 Å². The highest BCUT2D eigenvalue weighted by atomic mass is 32.1. The van der Waals surface area contributed by atoms with Crippen LogP contribution < -0.4 is 10.9 Å². The van der Waals surface area contributed by atoms with Crippen molar-refractivity contribution in [2.75, 3.05) is 14.1 Å². The molecule has 2 heterocycles. The molecule has 8 heteroatoms. The van der Waals surface area contributed by atoms with E-state index in [0.717, 1.165) is 40.6 Å². The van der Waals surface area contributed by atoms with Gasteiger partial charge in [0.15, 0.2) is 0 Å². The van der Waals surface area contributed by atoms with E-state index in [1.54, 1.807) is 42.5 Å². The van der Waals surface area contributed by atoms with Crippen LogP contribution in [0, 0.1) is 0 Å². The van der Waals surface area contributed by atoms with Gasteiger partial charge in [-0.1, -0.05) is 12.1 Å². The van der Waals surface area contributed by atoms with Crippen molar-refractivity contribution in [2.45, 2.75) is 38.6 Å². The maximum absolute atomic E-state index is 12.5. The first-order valence-corrected chi connectivity index (χ1v) is 10.9. The van der Waals surface area contributed by atoms with E-state index in [2.05, 4.69) is 15.3 Å². The number of thiophene rings is 1. The molecule has 3 aromatic rings. The van der Waals surface area contributed by atoms with Gasteiger partial charge in [0.05, 0.1) is 5.39 Å². The molecule has 0 spiro atoms. The first kappa shape index (κ1) is 20.3. The number of benzene rings is 1. The molecule has 2 amide bonds. The van der Waals surface area contributed by atoms with Crippen LogP contribution in [0.1, 0.15) is 45.0 Å². The SMILES string of the molecule is CNC(=O)c1ccc(CN(C)C(=O)CCc2nc3sc4c(c3c(=O)[nH]2)CCC4)cc1. The minimum Gasteiger partial charge on any atom is -0.355 e. The lowest BCUT2D eigenvalue weighted by atomic mass is 10.1. The zero-order valence-corrected chi connectivity index (χ0v) is 17.9. The average molecular weight is 425 g/mol. The summed E-state index contributed by atoms with van der Waals surface area (Å²) in [5.74, 6) is 0.395. The number of amides is 2. The smallest absolute Gasteiger partial charge is 0.259 e. The summed E-state index contributed by atoms with van der Waals surface area (Å²) in [6.07, 6.45) is 3.75. The van der Waals surface area contributed by atoms with Crippen LogP contribution >= 0.6 is 11.3 Å². The van der Waals surface area contributed by atoms with E-state index in [-0.39, 0.29) is 23.8 Å². The van der Waals surface area contributed by atoms with Crippen molar-refractivity contribution in [3.63, 3.8) is 0 Å². The zero-order chi connectivity index (χ0) is 21.3. The molecule has 4 rings (SSSR count). The molecule has 30 heavy (non-hydrogen) atoms. The monoisotopic (exact) mass is 424 g/mol. The van der Waals surface area contributed by atoms with Crippen LogP contribution in [0.2, 0.25) is 0 Å². The normalized spacial score (nSPS) is 12.7. The molecule has 0 aliphatic heterocycles. The number of hydrogen-bond acceptors (Lipinski definition) is 5. The molecular formula is C22H24N4O3S. The van der Waals surface area contributed by atoms with Gasteiger partial charge in [-0.15, -0.1) is 11.3 Å². The maximum atomic E-state index is 12.5. The minimum atomic E-state index is -0.139. The Kier molecular flexibility index (Phi) is 5.67. The lowest BCUT2D eigenvalue weighted by Crippen LogP contribution is -2.27. The first-order valence-electron chi connectivity index (χ1n) is 10.0. The highest BCUT2D eigenvalue weighted by Crippen LogP contribution is 2.34. The number of H-pyrrole nitrogens is 1. The Bertz CT molecular complexity index is 1160. The molecule has 2 N–H and O–H groups in total. The number of aryl methyl sites for hydroxylation is 3. The summed E-state index contributed by atoms with van der Waals surface area (Å²) in [7, 11) is 3.34. The summed E-state index contributed by atoms with van der Waals surface area (Å²) in [5.41, 5.74) is 2.60. The maximum Gasteiger partial charge on any atom is 0.259 e. The summed E-state index contributed by atoms with van der Waals surface area (Å²) in [6, 6.07) is 7.18. The topological polar surface area (TPSA) is 95.2 Å². The van der Waals surface area contributed by atoms with E-state index in [1.807, 2.05) is 12.1 Å². The van der Waals surface area contributed by atoms with E-state index in [1.165, 1.54) is 4.88 Å². The Hall–Kier alpha value is -3.00. The predicted molar refractivity (Wildman–Crippen MR) is 117 cm³/mol. The quantitative estimate of drug-likeness (QED) is 0.635. The van der Waals surface area contributed by atoms with Crippen molar-refractivity contribution in [3.05, 3.63) is 62.0 Å². The third-order valence-corrected chi connectivity index (χ3v) is 6.67. The number of fused-ring (bicyclic) bond motifs is 3. The lowest BCUT2D eigenvalue weighted by molar-refractivity contribution is -0.130. The molecule has 0 fully saturated rings. The molecule has 2 aromatic heterocycles. The van der Waals surface area contributed by atoms with Crippen molar-refractivity contribution < 1.29 is 9.59 Å². The number of hydrogen-bond donors (Lipinski definition) is 2. The predicted octanol–water partition coefficient (Wildman–Crippen LogP) is 2.42. The first-order chi connectivity index (χ1) is 14.5. The average Bonchev–Trinajstić information content (AvgIpc) is 3.32. The number of carbonyl (C=O) groups excluding carboxylic acids is 2. The molecule has 0 atom stereocenters. The van der Waals surface area contributed by atoms with Crippen LogP contribution in [0.15, 0.2) is 29.1 Å². The van der Waals surface area contributed by atoms with Crippen LogP contribution in [0.25, 0.3) is 10.2 Å². The lowest BCUT2D eigenvalue weighted by Gasteiger charge is -2.17. The van der Waals surface area contributed by atoms with E-state index in [9.17, 15) is 14.4 Å². The summed E-state index contributed by atoms with van der Waals surface area (Å²) >= 11 is 1.61. The summed E-state index contributed by atoms with van der Waals surface area (Å²) < 4.78 is 0. The van der Waals surface area contributed by atoms with Crippen LogP contribution in [-0.4, -0.2) is 40.8 Å². The van der Waals surface area contributed by atoms with Gasteiger partial charge in [0, 0.05) is 43.9 Å². The molecule has 0 saturated heterocycles. The van der Waals surface area contributed by atoms with Crippen LogP contribution in [0.5, 0.6) is 0 Å². The van der Waals surface area contributed by atoms with Gasteiger partial charge >= 0.3 is 0 Å². The zero-order valence-electron chi connectivity index (χ0n) is 17.1. The Morgan fingerprint density at radius 1 is 1.23 bits per heavy atom. The summed E-state index contributed by atoms with van der Waals surface area (Å²) in [5, 5.41) is 3.32. The number of nitrogens with zero attached hydrogens (tertiary/aromatic N) is 2. The van der Waals surface area contributed by atoms with Gasteiger partial charge in [-0.25, -0.2) is 4.98 Å². The van der Waals surface area contributed by atoms with Crippen LogP contribution in [0.4, 0.5) is 0 Å². The number of aromatic nitrogens is 2. The molecule has 1 aromatic carbocycles. The van der Waals surface area contributed by atoms with Gasteiger partial charge in [0.1, 0.15) is 10.7 Å². The molecule has 0 bridgehead atoms. The Balaban J connectivity index is 1.38.